The zero-order chi connectivity index (χ0) is 25.4. The van der Waals surface area contributed by atoms with E-state index >= 15 is 0 Å². The molecule has 1 saturated carbocycles. The smallest absolute Gasteiger partial charge is 0.375 e. The van der Waals surface area contributed by atoms with Crippen LogP contribution >= 0.6 is 0 Å². The molecule has 0 N–H and O–H groups in total. The molecule has 3 rings (SSSR count). The van der Waals surface area contributed by atoms with Crippen LogP contribution in [0.1, 0.15) is 31.9 Å². The number of allylic oxidation sites excluding steroid dienone is 1. The molecule has 2 aliphatic carbocycles. The molecule has 0 saturated heterocycles. The number of carbonyl (C=O) groups excluding carboxylic acids is 1. The Morgan fingerprint density at radius 2 is 1.36 bits per heavy atom. The molecule has 1 aromatic carbocycles. The summed E-state index contributed by atoms with van der Waals surface area (Å²) < 4.78 is 46.6. The van der Waals surface area contributed by atoms with Crippen molar-refractivity contribution in [3.05, 3.63) is 46.7 Å². The predicted octanol–water partition coefficient (Wildman–Crippen LogP) is 6.92. The van der Waals surface area contributed by atoms with Gasteiger partial charge in [0.25, 0.3) is 0 Å². The zero-order valence-corrected chi connectivity index (χ0v) is 23.6. The largest absolute Gasteiger partial charge is 0.416 e. The number of fused-ring (bicyclic) bond motifs is 1. The van der Waals surface area contributed by atoms with E-state index in [4.69, 9.17) is 4.74 Å². The quantitative estimate of drug-likeness (QED) is 0.383. The Morgan fingerprint density at radius 1 is 0.909 bits per heavy atom. The molecule has 0 spiro atoms. The summed E-state index contributed by atoms with van der Waals surface area (Å²) >= 11 is 0. The minimum Gasteiger partial charge on any atom is -0.375 e. The van der Waals surface area contributed by atoms with Gasteiger partial charge in [0.2, 0.25) is 0 Å². The number of ether oxygens (including phenoxy) is 1. The molecule has 0 amide bonds. The third-order valence-corrected chi connectivity index (χ3v) is 14.9. The van der Waals surface area contributed by atoms with Crippen molar-refractivity contribution in [1.29, 1.82) is 0 Å². The summed E-state index contributed by atoms with van der Waals surface area (Å²) in [6.45, 7) is 21.1. The summed E-state index contributed by atoms with van der Waals surface area (Å²) in [5.41, 5.74) is 0.917. The van der Waals surface area contributed by atoms with Gasteiger partial charge in [-0.25, -0.2) is 0 Å². The summed E-state index contributed by atoms with van der Waals surface area (Å²) in [4.78, 5) is 16.7. The molecule has 1 fully saturated rings. The van der Waals surface area contributed by atoms with E-state index in [-0.39, 0.29) is 5.78 Å². The molecule has 0 radical (unpaired) electrons. The van der Waals surface area contributed by atoms with Crippen molar-refractivity contribution in [3.8, 4) is 0 Å². The standard InChI is InChI=1S/C25H38F3NO2Si2/c1-11-29(12-2)20-17(3)21(30)24(33(8,9)10)22(31-4,23(20,24)32(5,6)7)18-13-15-19(16-14-18)25(26,27)28/h13-16H,11-12H2,1-10H3/t22-,23+,24-/m0/s1. The summed E-state index contributed by atoms with van der Waals surface area (Å²) in [5.74, 6) is 0.132. The van der Waals surface area contributed by atoms with Gasteiger partial charge in [0.05, 0.1) is 31.8 Å². The molecule has 1 aromatic rings. The number of carbonyl (C=O) groups is 1. The second kappa shape index (κ2) is 7.55. The van der Waals surface area contributed by atoms with Crippen molar-refractivity contribution >= 4 is 21.9 Å². The van der Waals surface area contributed by atoms with Crippen LogP contribution in [0.3, 0.4) is 0 Å². The van der Waals surface area contributed by atoms with Gasteiger partial charge < -0.3 is 9.64 Å². The van der Waals surface area contributed by atoms with Crippen LogP contribution in [0.2, 0.25) is 49.4 Å². The maximum Gasteiger partial charge on any atom is 0.416 e. The highest BCUT2D eigenvalue weighted by Gasteiger charge is 3.00. The highest BCUT2D eigenvalue weighted by molar-refractivity contribution is 6.93. The Balaban J connectivity index is 2.48. The SMILES string of the molecule is CCN(CC)C1=C(C)C(=O)[C@]2([Si](C)(C)C)[C@](OC)(c3ccc(C(F)(F)F)cc3)[C@]12[Si](C)(C)C. The van der Waals surface area contributed by atoms with Gasteiger partial charge in [-0.3, -0.25) is 4.79 Å². The number of alkyl halides is 3. The van der Waals surface area contributed by atoms with Crippen molar-refractivity contribution in [3.63, 3.8) is 0 Å². The first-order valence-electron chi connectivity index (χ1n) is 11.7. The van der Waals surface area contributed by atoms with Gasteiger partial charge in [-0.15, -0.1) is 0 Å². The first-order valence-corrected chi connectivity index (χ1v) is 18.7. The van der Waals surface area contributed by atoms with Gasteiger partial charge in [0.15, 0.2) is 5.78 Å². The normalized spacial score (nSPS) is 30.0. The van der Waals surface area contributed by atoms with E-state index in [1.807, 2.05) is 6.92 Å². The molecule has 3 atom stereocenters. The Bertz CT molecular complexity index is 987. The van der Waals surface area contributed by atoms with Crippen molar-refractivity contribution < 1.29 is 22.7 Å². The molecule has 0 bridgehead atoms. The van der Waals surface area contributed by atoms with Gasteiger partial charge in [-0.05, 0) is 38.5 Å². The van der Waals surface area contributed by atoms with E-state index in [1.54, 1.807) is 19.2 Å². The summed E-state index contributed by atoms with van der Waals surface area (Å²) in [5, 5.41) is -1.30. The van der Waals surface area contributed by atoms with Gasteiger partial charge in [-0.1, -0.05) is 51.4 Å². The average molecular weight is 498 g/mol. The van der Waals surface area contributed by atoms with Crippen molar-refractivity contribution in [2.75, 3.05) is 20.2 Å². The van der Waals surface area contributed by atoms with Gasteiger partial charge >= 0.3 is 6.18 Å². The van der Waals surface area contributed by atoms with Crippen molar-refractivity contribution in [2.24, 2.45) is 0 Å². The molecule has 2 aliphatic rings. The number of hydrogen-bond donors (Lipinski definition) is 0. The first kappa shape index (κ1) is 26.2. The number of rotatable bonds is 7. The van der Waals surface area contributed by atoms with Crippen LogP contribution in [0.5, 0.6) is 0 Å². The van der Waals surface area contributed by atoms with E-state index in [0.717, 1.165) is 36.5 Å². The molecule has 8 heteroatoms. The average Bonchev–Trinajstić information content (AvgIpc) is 3.23. The molecule has 33 heavy (non-hydrogen) atoms. The highest BCUT2D eigenvalue weighted by Crippen LogP contribution is 3.00. The first-order chi connectivity index (χ1) is 15.0. The maximum absolute atomic E-state index is 14.4. The molecule has 0 unspecified atom stereocenters. The van der Waals surface area contributed by atoms with Crippen LogP contribution in [0.25, 0.3) is 0 Å². The topological polar surface area (TPSA) is 29.5 Å². The second-order valence-corrected chi connectivity index (χ2v) is 21.9. The summed E-state index contributed by atoms with van der Waals surface area (Å²) in [7, 11) is -2.87. The number of ketones is 1. The van der Waals surface area contributed by atoms with Gasteiger partial charge in [0, 0.05) is 31.5 Å². The van der Waals surface area contributed by atoms with E-state index in [9.17, 15) is 18.0 Å². The number of nitrogens with zero attached hydrogens (tertiary/aromatic N) is 1. The predicted molar refractivity (Wildman–Crippen MR) is 133 cm³/mol. The lowest BCUT2D eigenvalue weighted by molar-refractivity contribution is -0.137. The lowest BCUT2D eigenvalue weighted by atomic mass is 9.95. The van der Waals surface area contributed by atoms with E-state index in [0.29, 0.717) is 5.56 Å². The van der Waals surface area contributed by atoms with Crippen LogP contribution in [0, 0.1) is 0 Å². The van der Waals surface area contributed by atoms with Gasteiger partial charge in [0.1, 0.15) is 5.60 Å². The fraction of sp³-hybridized carbons (Fsp3) is 0.640. The lowest BCUT2D eigenvalue weighted by Crippen LogP contribution is -2.44. The number of halogens is 3. The molecular weight excluding hydrogens is 459 g/mol. The third-order valence-electron chi connectivity index (χ3n) is 8.20. The molecule has 184 valence electrons. The molecule has 3 nitrogen and oxygen atoms in total. The Labute approximate surface area is 198 Å². The van der Waals surface area contributed by atoms with Crippen LogP contribution in [0.15, 0.2) is 35.5 Å². The Morgan fingerprint density at radius 3 is 1.70 bits per heavy atom. The van der Waals surface area contributed by atoms with E-state index in [2.05, 4.69) is 58.0 Å². The Kier molecular flexibility index (Phi) is 6.00. The number of methoxy groups -OCH3 is 1. The minimum atomic E-state index is -4.41. The van der Waals surface area contributed by atoms with Crippen LogP contribution < -0.4 is 0 Å². The van der Waals surface area contributed by atoms with Crippen molar-refractivity contribution in [1.82, 2.24) is 4.90 Å². The van der Waals surface area contributed by atoms with Crippen molar-refractivity contribution in [2.45, 2.75) is 81.9 Å². The van der Waals surface area contributed by atoms with Gasteiger partial charge in [-0.2, -0.15) is 13.2 Å². The van der Waals surface area contributed by atoms with Crippen LogP contribution in [0.4, 0.5) is 13.2 Å². The summed E-state index contributed by atoms with van der Waals surface area (Å²) in [6.07, 6.45) is -4.41. The minimum absolute atomic E-state index is 0.132. The molecular formula is C25H38F3NO2Si2. The lowest BCUT2D eigenvalue weighted by Gasteiger charge is -2.41. The van der Waals surface area contributed by atoms with Crippen LogP contribution in [-0.4, -0.2) is 47.0 Å². The number of benzene rings is 1. The monoisotopic (exact) mass is 497 g/mol. The third kappa shape index (κ3) is 2.80. The van der Waals surface area contributed by atoms with E-state index < -0.39 is 43.6 Å². The Hall–Kier alpha value is -1.39. The number of hydrogen-bond acceptors (Lipinski definition) is 3. The second-order valence-electron chi connectivity index (χ2n) is 11.4. The highest BCUT2D eigenvalue weighted by atomic mass is 28.3. The fourth-order valence-electron chi connectivity index (χ4n) is 7.52. The molecule has 0 aromatic heterocycles. The fourth-order valence-corrected chi connectivity index (χ4v) is 17.5. The maximum atomic E-state index is 14.4. The number of Topliss-reactive ketones (excluding diaryl/α,β-unsaturated/α-hetero) is 1. The molecule has 0 aliphatic heterocycles. The van der Waals surface area contributed by atoms with E-state index in [1.165, 1.54) is 0 Å². The van der Waals surface area contributed by atoms with Crippen LogP contribution in [-0.2, 0) is 21.3 Å². The molecule has 0 heterocycles. The zero-order valence-electron chi connectivity index (χ0n) is 21.6. The summed E-state index contributed by atoms with van der Waals surface area (Å²) in [6, 6.07) is 5.38.